The molecule has 0 saturated heterocycles. The van der Waals surface area contributed by atoms with Crippen molar-refractivity contribution in [3.8, 4) is 0 Å². The lowest BCUT2D eigenvalue weighted by atomic mass is 9.99. The third-order valence-electron chi connectivity index (χ3n) is 2.22. The van der Waals surface area contributed by atoms with Gasteiger partial charge in [0.25, 0.3) is 0 Å². The average molecular weight is 190 g/mol. The van der Waals surface area contributed by atoms with Gasteiger partial charge < -0.3 is 10.7 Å². The number of hydrogen-bond donors (Lipinski definition) is 1. The summed E-state index contributed by atoms with van der Waals surface area (Å²) in [5.74, 6) is 5.17. The van der Waals surface area contributed by atoms with Crippen LogP contribution in [0.3, 0.4) is 0 Å². The highest BCUT2D eigenvalue weighted by Crippen LogP contribution is 2.19. The molecule has 4 nitrogen and oxygen atoms in total. The summed E-state index contributed by atoms with van der Waals surface area (Å²) in [4.78, 5) is 5.02. The molecule has 1 aliphatic heterocycles. The smallest absolute Gasteiger partial charge is 0.133 e. The van der Waals surface area contributed by atoms with E-state index in [4.69, 9.17) is 10.7 Å². The molecule has 2 N–H and O–H groups in total. The Bertz CT molecular complexity index is 352. The van der Waals surface area contributed by atoms with E-state index in [1.165, 1.54) is 0 Å². The summed E-state index contributed by atoms with van der Waals surface area (Å²) in [5.41, 5.74) is 2.92. The Labute approximate surface area is 82.8 Å². The van der Waals surface area contributed by atoms with Crippen LogP contribution in [0.4, 0.5) is 0 Å². The van der Waals surface area contributed by atoms with Gasteiger partial charge in [0, 0.05) is 12.8 Å². The van der Waals surface area contributed by atoms with Gasteiger partial charge in [-0.25, -0.2) is 0 Å². The van der Waals surface area contributed by atoms with E-state index < -0.39 is 0 Å². The fourth-order valence-corrected chi connectivity index (χ4v) is 1.45. The van der Waals surface area contributed by atoms with Gasteiger partial charge in [-0.1, -0.05) is 17.3 Å². The Balaban J connectivity index is 2.09. The third-order valence-corrected chi connectivity index (χ3v) is 2.22. The minimum Gasteiger partial charge on any atom is -0.392 e. The molecule has 1 heterocycles. The lowest BCUT2D eigenvalue weighted by molar-refractivity contribution is 0.118. The van der Waals surface area contributed by atoms with Crippen molar-refractivity contribution in [2.45, 2.75) is 18.9 Å². The first-order chi connectivity index (χ1) is 6.79. The molecular formula is C10H12N3O. The first-order valence-corrected chi connectivity index (χ1v) is 4.50. The molecule has 14 heavy (non-hydrogen) atoms. The fourth-order valence-electron chi connectivity index (χ4n) is 1.45. The van der Waals surface area contributed by atoms with Crippen LogP contribution < -0.4 is 5.84 Å². The van der Waals surface area contributed by atoms with Gasteiger partial charge >= 0.3 is 0 Å². The summed E-state index contributed by atoms with van der Waals surface area (Å²) >= 11 is 0. The van der Waals surface area contributed by atoms with Gasteiger partial charge in [-0.2, -0.15) is 5.10 Å². The Morgan fingerprint density at radius 2 is 2.43 bits per heavy atom. The molecule has 0 amide bonds. The van der Waals surface area contributed by atoms with Gasteiger partial charge in [-0.3, -0.25) is 0 Å². The summed E-state index contributed by atoms with van der Waals surface area (Å²) in [7, 11) is 0. The monoisotopic (exact) mass is 190 g/mol. The lowest BCUT2D eigenvalue weighted by Gasteiger charge is -2.06. The van der Waals surface area contributed by atoms with Crippen molar-refractivity contribution < 1.29 is 4.84 Å². The minimum absolute atomic E-state index is 0.0520. The number of allylic oxidation sites excluding steroid dienone is 4. The molecule has 0 bridgehead atoms. The highest BCUT2D eigenvalue weighted by molar-refractivity contribution is 6.08. The summed E-state index contributed by atoms with van der Waals surface area (Å²) in [6.07, 6.45) is 7.37. The zero-order chi connectivity index (χ0) is 9.97. The minimum atomic E-state index is -0.0520. The largest absolute Gasteiger partial charge is 0.392 e. The molecule has 0 spiro atoms. The van der Waals surface area contributed by atoms with Gasteiger partial charge in [-0.15, -0.1) is 0 Å². The molecule has 0 fully saturated rings. The molecule has 1 aliphatic carbocycles. The van der Waals surface area contributed by atoms with Crippen LogP contribution in [0.2, 0.25) is 0 Å². The first kappa shape index (κ1) is 8.99. The van der Waals surface area contributed by atoms with Crippen molar-refractivity contribution in [2.75, 3.05) is 0 Å². The van der Waals surface area contributed by atoms with Crippen LogP contribution in [-0.2, 0) is 4.84 Å². The molecule has 73 valence electrons. The van der Waals surface area contributed by atoms with Gasteiger partial charge in [0.05, 0.1) is 11.4 Å². The molecule has 0 aromatic carbocycles. The van der Waals surface area contributed by atoms with Crippen LogP contribution >= 0.6 is 0 Å². The highest BCUT2D eigenvalue weighted by atomic mass is 16.6. The number of nitrogens with two attached hydrogens (primary N) is 1. The second-order valence-corrected chi connectivity index (χ2v) is 3.29. The van der Waals surface area contributed by atoms with Gasteiger partial charge in [0.1, 0.15) is 6.10 Å². The van der Waals surface area contributed by atoms with Crippen LogP contribution in [-0.4, -0.2) is 17.5 Å². The van der Waals surface area contributed by atoms with Crippen molar-refractivity contribution in [1.29, 1.82) is 0 Å². The Morgan fingerprint density at radius 1 is 1.57 bits per heavy atom. The van der Waals surface area contributed by atoms with E-state index in [9.17, 15) is 0 Å². The molecule has 2 rings (SSSR count). The maximum atomic E-state index is 5.17. The maximum Gasteiger partial charge on any atom is 0.133 e. The summed E-state index contributed by atoms with van der Waals surface area (Å²) in [6.45, 7) is 3.78. The second kappa shape index (κ2) is 3.65. The topological polar surface area (TPSA) is 60.0 Å². The van der Waals surface area contributed by atoms with Crippen molar-refractivity contribution >= 4 is 11.4 Å². The van der Waals surface area contributed by atoms with E-state index in [1.807, 2.05) is 18.2 Å². The molecule has 2 aliphatic rings. The Morgan fingerprint density at radius 3 is 2.93 bits per heavy atom. The molecule has 1 atom stereocenters. The maximum absolute atomic E-state index is 5.17. The van der Waals surface area contributed by atoms with E-state index in [-0.39, 0.29) is 6.10 Å². The molecule has 0 saturated carbocycles. The summed E-state index contributed by atoms with van der Waals surface area (Å²) in [5, 5.41) is 7.58. The van der Waals surface area contributed by atoms with E-state index in [0.29, 0.717) is 0 Å². The molecule has 0 aromatic heterocycles. The standard InChI is InChI=1S/C10H12N3O/c1-7-6-10(13-14-7)8-2-4-9(12-11)5-3-8/h2-4,7H,1,5-6,11H2. The van der Waals surface area contributed by atoms with E-state index in [2.05, 4.69) is 17.2 Å². The van der Waals surface area contributed by atoms with Crippen molar-refractivity contribution in [2.24, 2.45) is 16.1 Å². The molecule has 4 heteroatoms. The molecule has 1 radical (unpaired) electrons. The predicted octanol–water partition coefficient (Wildman–Crippen LogP) is 1.17. The number of oxime groups is 1. The van der Waals surface area contributed by atoms with Gasteiger partial charge in [-0.05, 0) is 18.6 Å². The number of hydrazone groups is 1. The number of hydrogen-bond acceptors (Lipinski definition) is 4. The van der Waals surface area contributed by atoms with Gasteiger partial charge in [0.15, 0.2) is 0 Å². The Kier molecular flexibility index (Phi) is 2.35. The Hall–Kier alpha value is -1.58. The predicted molar refractivity (Wildman–Crippen MR) is 55.7 cm³/mol. The zero-order valence-electron chi connectivity index (χ0n) is 7.81. The highest BCUT2D eigenvalue weighted by Gasteiger charge is 2.19. The fraction of sp³-hybridized carbons (Fsp3) is 0.300. The van der Waals surface area contributed by atoms with Crippen LogP contribution in [0.15, 0.2) is 34.1 Å². The normalized spacial score (nSPS) is 28.6. The summed E-state index contributed by atoms with van der Waals surface area (Å²) < 4.78 is 0. The molecule has 0 aromatic rings. The van der Waals surface area contributed by atoms with Crippen LogP contribution in [0, 0.1) is 6.92 Å². The number of rotatable bonds is 1. The second-order valence-electron chi connectivity index (χ2n) is 3.29. The van der Waals surface area contributed by atoms with Crippen LogP contribution in [0.25, 0.3) is 0 Å². The van der Waals surface area contributed by atoms with E-state index in [0.717, 1.165) is 29.8 Å². The number of nitrogens with zero attached hydrogens (tertiary/aromatic N) is 2. The lowest BCUT2D eigenvalue weighted by Crippen LogP contribution is -2.08. The average Bonchev–Trinajstić information content (AvgIpc) is 2.65. The third kappa shape index (κ3) is 1.69. The van der Waals surface area contributed by atoms with Gasteiger partial charge in [0.2, 0.25) is 0 Å². The summed E-state index contributed by atoms with van der Waals surface area (Å²) in [6, 6.07) is 0. The van der Waals surface area contributed by atoms with Crippen LogP contribution in [0.5, 0.6) is 0 Å². The van der Waals surface area contributed by atoms with Crippen molar-refractivity contribution in [3.05, 3.63) is 30.7 Å². The van der Waals surface area contributed by atoms with Crippen LogP contribution in [0.1, 0.15) is 12.8 Å². The quantitative estimate of drug-likeness (QED) is 0.498. The van der Waals surface area contributed by atoms with Crippen molar-refractivity contribution in [1.82, 2.24) is 0 Å². The molecule has 1 unspecified atom stereocenters. The SMILES string of the molecule is [CH2]C1CC(C2=CCC(=NN)C=C2)=NO1. The first-order valence-electron chi connectivity index (χ1n) is 4.50. The van der Waals surface area contributed by atoms with Crippen molar-refractivity contribution in [3.63, 3.8) is 0 Å². The van der Waals surface area contributed by atoms with E-state index in [1.54, 1.807) is 0 Å². The van der Waals surface area contributed by atoms with E-state index >= 15 is 0 Å². The molecular weight excluding hydrogens is 178 g/mol. The zero-order valence-corrected chi connectivity index (χ0v) is 7.81.